The third-order valence-electron chi connectivity index (χ3n) is 5.25. The van der Waals surface area contributed by atoms with Gasteiger partial charge in [-0.15, -0.1) is 10.2 Å². The van der Waals surface area contributed by atoms with Gasteiger partial charge in [0, 0.05) is 22.6 Å². The van der Waals surface area contributed by atoms with Gasteiger partial charge in [-0.2, -0.15) is 0 Å². The number of ether oxygens (including phenoxy) is 1. The lowest BCUT2D eigenvalue weighted by Crippen LogP contribution is -2.00. The van der Waals surface area contributed by atoms with Gasteiger partial charge < -0.3 is 9.15 Å². The van der Waals surface area contributed by atoms with Crippen LogP contribution in [0.4, 0.5) is 0 Å². The van der Waals surface area contributed by atoms with Crippen molar-refractivity contribution in [2.24, 2.45) is 0 Å². The van der Waals surface area contributed by atoms with Crippen LogP contribution in [0.15, 0.2) is 94.5 Å². The molecule has 0 bridgehead atoms. The van der Waals surface area contributed by atoms with E-state index in [2.05, 4.69) is 26.9 Å². The minimum Gasteiger partial charge on any atom is -0.497 e. The van der Waals surface area contributed by atoms with Crippen LogP contribution in [-0.4, -0.2) is 26.9 Å². The molecule has 5 aromatic rings. The molecule has 0 aliphatic carbocycles. The van der Waals surface area contributed by atoms with E-state index in [1.807, 2.05) is 79.7 Å². The van der Waals surface area contributed by atoms with E-state index in [1.54, 1.807) is 18.9 Å². The zero-order chi connectivity index (χ0) is 22.6. The molecule has 33 heavy (non-hydrogen) atoms. The highest BCUT2D eigenvalue weighted by molar-refractivity contribution is 7.98. The van der Waals surface area contributed by atoms with Gasteiger partial charge in [0.2, 0.25) is 5.89 Å². The van der Waals surface area contributed by atoms with E-state index in [1.165, 1.54) is 0 Å². The minimum absolute atomic E-state index is 0.621. The summed E-state index contributed by atoms with van der Waals surface area (Å²) in [5, 5.41) is 9.81. The standard InChI is InChI=1S/C26H22N4O2S/c1-18-23(27-25(32-18)20-9-5-3-6-10-20)17-33-26-29-28-24(19-13-15-22(31-2)16-14-19)30(26)21-11-7-4-8-12-21/h3-16H,17H2,1-2H3. The summed E-state index contributed by atoms with van der Waals surface area (Å²) in [6, 6.07) is 27.9. The molecule has 2 aromatic heterocycles. The Balaban J connectivity index is 1.46. The largest absolute Gasteiger partial charge is 0.497 e. The first kappa shape index (κ1) is 21.0. The SMILES string of the molecule is COc1ccc(-c2nnc(SCc3nc(-c4ccccc4)oc3C)n2-c2ccccc2)cc1. The van der Waals surface area contributed by atoms with Crippen molar-refractivity contribution in [3.8, 4) is 34.3 Å². The summed E-state index contributed by atoms with van der Waals surface area (Å²) < 4.78 is 13.3. The van der Waals surface area contributed by atoms with E-state index in [0.717, 1.165) is 45.0 Å². The van der Waals surface area contributed by atoms with Crippen molar-refractivity contribution in [1.29, 1.82) is 0 Å². The van der Waals surface area contributed by atoms with E-state index < -0.39 is 0 Å². The maximum absolute atomic E-state index is 5.92. The highest BCUT2D eigenvalue weighted by atomic mass is 32.2. The smallest absolute Gasteiger partial charge is 0.226 e. The molecule has 2 heterocycles. The first-order valence-corrected chi connectivity index (χ1v) is 11.5. The molecule has 0 unspecified atom stereocenters. The number of rotatable bonds is 7. The maximum Gasteiger partial charge on any atom is 0.226 e. The minimum atomic E-state index is 0.621. The topological polar surface area (TPSA) is 66.0 Å². The second-order valence-electron chi connectivity index (χ2n) is 7.38. The Morgan fingerprint density at radius 3 is 2.24 bits per heavy atom. The summed E-state index contributed by atoms with van der Waals surface area (Å²) in [4.78, 5) is 4.72. The van der Waals surface area contributed by atoms with Crippen LogP contribution in [0.5, 0.6) is 5.75 Å². The van der Waals surface area contributed by atoms with E-state index in [-0.39, 0.29) is 0 Å². The Hall–Kier alpha value is -3.84. The fourth-order valence-electron chi connectivity index (χ4n) is 3.50. The molecule has 0 saturated heterocycles. The average molecular weight is 455 g/mol. The molecule has 164 valence electrons. The predicted octanol–water partition coefficient (Wildman–Crippen LogP) is 6.20. The number of oxazole rings is 1. The number of hydrogen-bond acceptors (Lipinski definition) is 6. The second-order valence-corrected chi connectivity index (χ2v) is 8.32. The molecule has 0 atom stereocenters. The molecule has 0 amide bonds. The summed E-state index contributed by atoms with van der Waals surface area (Å²) in [6.07, 6.45) is 0. The molecular formula is C26H22N4O2S. The number of thioether (sulfide) groups is 1. The summed E-state index contributed by atoms with van der Waals surface area (Å²) in [5.74, 6) is 3.63. The molecule has 7 heteroatoms. The molecule has 0 saturated carbocycles. The lowest BCUT2D eigenvalue weighted by molar-refractivity contribution is 0.415. The fraction of sp³-hybridized carbons (Fsp3) is 0.115. The van der Waals surface area contributed by atoms with Crippen molar-refractivity contribution in [1.82, 2.24) is 19.7 Å². The Kier molecular flexibility index (Phi) is 5.95. The van der Waals surface area contributed by atoms with Gasteiger partial charge in [0.1, 0.15) is 11.5 Å². The molecule has 0 aliphatic rings. The highest BCUT2D eigenvalue weighted by Crippen LogP contribution is 2.32. The number of para-hydroxylation sites is 1. The third-order valence-corrected chi connectivity index (χ3v) is 6.19. The number of aryl methyl sites for hydroxylation is 1. The number of hydrogen-bond donors (Lipinski definition) is 0. The molecule has 5 rings (SSSR count). The zero-order valence-electron chi connectivity index (χ0n) is 18.3. The number of benzene rings is 3. The summed E-state index contributed by atoms with van der Waals surface area (Å²) in [7, 11) is 1.66. The van der Waals surface area contributed by atoms with Crippen molar-refractivity contribution in [2.75, 3.05) is 7.11 Å². The van der Waals surface area contributed by atoms with Crippen LogP contribution in [-0.2, 0) is 5.75 Å². The molecule has 6 nitrogen and oxygen atoms in total. The Bertz CT molecular complexity index is 1350. The van der Waals surface area contributed by atoms with Gasteiger partial charge in [-0.05, 0) is 55.5 Å². The predicted molar refractivity (Wildman–Crippen MR) is 130 cm³/mol. The maximum atomic E-state index is 5.92. The van der Waals surface area contributed by atoms with E-state index in [0.29, 0.717) is 11.6 Å². The number of methoxy groups -OCH3 is 1. The van der Waals surface area contributed by atoms with Crippen molar-refractivity contribution >= 4 is 11.8 Å². The number of nitrogens with zero attached hydrogens (tertiary/aromatic N) is 4. The van der Waals surface area contributed by atoms with Crippen LogP contribution in [0.3, 0.4) is 0 Å². The van der Waals surface area contributed by atoms with Gasteiger partial charge in [-0.25, -0.2) is 4.98 Å². The average Bonchev–Trinajstić information content (AvgIpc) is 3.47. The molecule has 0 spiro atoms. The van der Waals surface area contributed by atoms with Gasteiger partial charge in [0.05, 0.1) is 12.8 Å². The van der Waals surface area contributed by atoms with Crippen LogP contribution < -0.4 is 4.74 Å². The van der Waals surface area contributed by atoms with Crippen molar-refractivity contribution < 1.29 is 9.15 Å². The Morgan fingerprint density at radius 2 is 1.55 bits per heavy atom. The van der Waals surface area contributed by atoms with Crippen molar-refractivity contribution in [2.45, 2.75) is 17.8 Å². The second kappa shape index (κ2) is 9.34. The van der Waals surface area contributed by atoms with Crippen molar-refractivity contribution in [3.63, 3.8) is 0 Å². The van der Waals surface area contributed by atoms with Gasteiger partial charge >= 0.3 is 0 Å². The Morgan fingerprint density at radius 1 is 0.848 bits per heavy atom. The fourth-order valence-corrected chi connectivity index (χ4v) is 4.45. The molecule has 0 aliphatic heterocycles. The van der Waals surface area contributed by atoms with Crippen LogP contribution in [0.1, 0.15) is 11.5 Å². The highest BCUT2D eigenvalue weighted by Gasteiger charge is 2.18. The molecule has 0 radical (unpaired) electrons. The zero-order valence-corrected chi connectivity index (χ0v) is 19.1. The van der Waals surface area contributed by atoms with Crippen LogP contribution in [0, 0.1) is 6.92 Å². The summed E-state index contributed by atoms with van der Waals surface area (Å²) in [6.45, 7) is 1.94. The molecule has 3 aromatic carbocycles. The van der Waals surface area contributed by atoms with Gasteiger partial charge in [0.15, 0.2) is 11.0 Å². The summed E-state index contributed by atoms with van der Waals surface area (Å²) >= 11 is 1.58. The lowest BCUT2D eigenvalue weighted by atomic mass is 10.2. The van der Waals surface area contributed by atoms with E-state index >= 15 is 0 Å². The van der Waals surface area contributed by atoms with E-state index in [4.69, 9.17) is 14.1 Å². The first-order chi connectivity index (χ1) is 16.2. The number of aromatic nitrogens is 4. The van der Waals surface area contributed by atoms with E-state index in [9.17, 15) is 0 Å². The normalized spacial score (nSPS) is 11.0. The summed E-state index contributed by atoms with van der Waals surface area (Å²) in [5.41, 5.74) is 3.82. The van der Waals surface area contributed by atoms with Crippen LogP contribution in [0.25, 0.3) is 28.5 Å². The Labute approximate surface area is 196 Å². The molecule has 0 N–H and O–H groups in total. The van der Waals surface area contributed by atoms with Crippen molar-refractivity contribution in [3.05, 3.63) is 96.4 Å². The van der Waals surface area contributed by atoms with Gasteiger partial charge in [-0.1, -0.05) is 48.2 Å². The van der Waals surface area contributed by atoms with Gasteiger partial charge in [-0.3, -0.25) is 4.57 Å². The molecular weight excluding hydrogens is 432 g/mol. The van der Waals surface area contributed by atoms with Crippen LogP contribution >= 0.6 is 11.8 Å². The third kappa shape index (κ3) is 4.40. The first-order valence-electron chi connectivity index (χ1n) is 10.5. The molecule has 0 fully saturated rings. The van der Waals surface area contributed by atoms with Crippen LogP contribution in [0.2, 0.25) is 0 Å². The lowest BCUT2D eigenvalue weighted by Gasteiger charge is -2.10. The monoisotopic (exact) mass is 454 g/mol. The van der Waals surface area contributed by atoms with Gasteiger partial charge in [0.25, 0.3) is 0 Å². The quantitative estimate of drug-likeness (QED) is 0.273.